The summed E-state index contributed by atoms with van der Waals surface area (Å²) in [4.78, 5) is 7.86. The van der Waals surface area contributed by atoms with Crippen molar-refractivity contribution in [3.05, 3.63) is 65.2 Å². The molecule has 0 spiro atoms. The van der Waals surface area contributed by atoms with Crippen molar-refractivity contribution in [3.8, 4) is 0 Å². The summed E-state index contributed by atoms with van der Waals surface area (Å²) in [6, 6.07) is 16.1. The Kier molecular flexibility index (Phi) is 7.83. The van der Waals surface area contributed by atoms with Crippen LogP contribution in [0.25, 0.3) is 0 Å². The van der Waals surface area contributed by atoms with Crippen molar-refractivity contribution in [1.29, 1.82) is 0 Å². The number of guanidine groups is 1. The van der Waals surface area contributed by atoms with E-state index >= 15 is 0 Å². The number of nitrogens with zero attached hydrogens (tertiary/aromatic N) is 2. The highest BCUT2D eigenvalue weighted by atomic mass is 32.2. The van der Waals surface area contributed by atoms with E-state index in [0.29, 0.717) is 18.9 Å². The van der Waals surface area contributed by atoms with Crippen LogP contribution < -0.4 is 5.32 Å². The molecule has 2 aromatic rings. The maximum absolute atomic E-state index is 12.5. The fourth-order valence-corrected chi connectivity index (χ4v) is 4.52. The lowest BCUT2D eigenvalue weighted by atomic mass is 10.00. The number of ether oxygens (including phenoxy) is 1. The van der Waals surface area contributed by atoms with Gasteiger partial charge in [0.15, 0.2) is 5.96 Å². The molecule has 29 heavy (non-hydrogen) atoms. The molecule has 3 rings (SSSR count). The first-order valence-electron chi connectivity index (χ1n) is 10.2. The minimum absolute atomic E-state index is 0.0339. The summed E-state index contributed by atoms with van der Waals surface area (Å²) in [7, 11) is -1.03. The van der Waals surface area contributed by atoms with Gasteiger partial charge in [0.25, 0.3) is 0 Å². The normalized spacial score (nSPS) is 18.5. The third-order valence-electron chi connectivity index (χ3n) is 5.02. The van der Waals surface area contributed by atoms with Crippen LogP contribution in [0.2, 0.25) is 0 Å². The molecule has 0 aromatic heterocycles. The molecular weight excluding hydrogens is 382 g/mol. The van der Waals surface area contributed by atoms with Crippen LogP contribution in [0.1, 0.15) is 29.7 Å². The van der Waals surface area contributed by atoms with Gasteiger partial charge in [-0.15, -0.1) is 0 Å². The minimum Gasteiger partial charge on any atom is -0.370 e. The minimum atomic E-state index is -1.03. The summed E-state index contributed by atoms with van der Waals surface area (Å²) in [5, 5.41) is 3.38. The van der Waals surface area contributed by atoms with E-state index < -0.39 is 10.8 Å². The molecule has 0 aliphatic carbocycles. The second-order valence-electron chi connectivity index (χ2n) is 7.26. The highest BCUT2D eigenvalue weighted by molar-refractivity contribution is 7.85. The monoisotopic (exact) mass is 413 g/mol. The Hall–Kier alpha value is -2.18. The van der Waals surface area contributed by atoms with E-state index in [1.54, 1.807) is 0 Å². The van der Waals surface area contributed by atoms with Crippen LogP contribution in [-0.4, -0.2) is 53.6 Å². The van der Waals surface area contributed by atoms with E-state index in [4.69, 9.17) is 9.73 Å². The Morgan fingerprint density at radius 3 is 2.76 bits per heavy atom. The fourth-order valence-electron chi connectivity index (χ4n) is 3.57. The van der Waals surface area contributed by atoms with E-state index in [0.717, 1.165) is 30.5 Å². The molecular formula is C23H31N3O2S. The molecule has 0 saturated carbocycles. The SMILES string of the molecule is CCNC(=NCCS(=O)c1ccccc1)N1CCOC(c2ccc(C)cc2C)C1. The quantitative estimate of drug-likeness (QED) is 0.582. The Morgan fingerprint density at radius 2 is 2.03 bits per heavy atom. The largest absolute Gasteiger partial charge is 0.370 e. The molecule has 2 atom stereocenters. The van der Waals surface area contributed by atoms with Gasteiger partial charge in [0.1, 0.15) is 6.10 Å². The standard InChI is InChI=1S/C23H31N3O2S/c1-4-24-23(25-12-15-29(27)20-8-6-5-7-9-20)26-13-14-28-22(17-26)21-11-10-18(2)16-19(21)3/h5-11,16,22H,4,12-15,17H2,1-3H3,(H,24,25). The topological polar surface area (TPSA) is 53.9 Å². The molecule has 1 fully saturated rings. The zero-order chi connectivity index (χ0) is 20.6. The third kappa shape index (κ3) is 5.90. The average molecular weight is 414 g/mol. The molecule has 6 heteroatoms. The molecule has 0 radical (unpaired) electrons. The maximum Gasteiger partial charge on any atom is 0.194 e. The van der Waals surface area contributed by atoms with Crippen molar-refractivity contribution in [1.82, 2.24) is 10.2 Å². The molecule has 2 unspecified atom stereocenters. The van der Waals surface area contributed by atoms with Gasteiger partial charge < -0.3 is 15.0 Å². The van der Waals surface area contributed by atoms with Crippen molar-refractivity contribution in [2.75, 3.05) is 38.5 Å². The van der Waals surface area contributed by atoms with Crippen LogP contribution >= 0.6 is 0 Å². The highest BCUT2D eigenvalue weighted by Gasteiger charge is 2.25. The van der Waals surface area contributed by atoms with E-state index in [1.807, 2.05) is 30.3 Å². The van der Waals surface area contributed by atoms with Gasteiger partial charge in [-0.05, 0) is 44.0 Å². The number of hydrogen-bond donors (Lipinski definition) is 1. The van der Waals surface area contributed by atoms with Crippen molar-refractivity contribution in [2.45, 2.75) is 31.8 Å². The third-order valence-corrected chi connectivity index (χ3v) is 6.37. The van der Waals surface area contributed by atoms with Gasteiger partial charge in [0.05, 0.1) is 30.5 Å². The van der Waals surface area contributed by atoms with Crippen LogP contribution in [0, 0.1) is 13.8 Å². The van der Waals surface area contributed by atoms with Crippen LogP contribution in [-0.2, 0) is 15.5 Å². The van der Waals surface area contributed by atoms with Crippen molar-refractivity contribution < 1.29 is 8.95 Å². The first-order chi connectivity index (χ1) is 14.1. The lowest BCUT2D eigenvalue weighted by Crippen LogP contribution is -2.48. The van der Waals surface area contributed by atoms with Gasteiger partial charge >= 0.3 is 0 Å². The summed E-state index contributed by atoms with van der Waals surface area (Å²) in [5.41, 5.74) is 3.76. The Morgan fingerprint density at radius 1 is 1.24 bits per heavy atom. The molecule has 0 bridgehead atoms. The summed E-state index contributed by atoms with van der Waals surface area (Å²) >= 11 is 0. The number of aliphatic imine (C=N–C) groups is 1. The fraction of sp³-hybridized carbons (Fsp3) is 0.435. The zero-order valence-corrected chi connectivity index (χ0v) is 18.4. The smallest absolute Gasteiger partial charge is 0.194 e. The predicted molar refractivity (Wildman–Crippen MR) is 120 cm³/mol. The number of nitrogens with one attached hydrogen (secondary N) is 1. The lowest BCUT2D eigenvalue weighted by Gasteiger charge is -2.36. The van der Waals surface area contributed by atoms with Crippen LogP contribution in [0.3, 0.4) is 0 Å². The summed E-state index contributed by atoms with van der Waals surface area (Å²) in [6.07, 6.45) is 0.0339. The molecule has 1 aliphatic heterocycles. The predicted octanol–water partition coefficient (Wildman–Crippen LogP) is 3.45. The van der Waals surface area contributed by atoms with Gasteiger partial charge in [-0.25, -0.2) is 0 Å². The summed E-state index contributed by atoms with van der Waals surface area (Å²) < 4.78 is 18.5. The molecule has 1 N–H and O–H groups in total. The zero-order valence-electron chi connectivity index (χ0n) is 17.6. The van der Waals surface area contributed by atoms with E-state index in [9.17, 15) is 4.21 Å². The number of hydrogen-bond acceptors (Lipinski definition) is 3. The highest BCUT2D eigenvalue weighted by Crippen LogP contribution is 2.26. The van der Waals surface area contributed by atoms with Crippen molar-refractivity contribution in [2.24, 2.45) is 4.99 Å². The summed E-state index contributed by atoms with van der Waals surface area (Å²) in [5.74, 6) is 1.39. The number of benzene rings is 2. The molecule has 1 heterocycles. The van der Waals surface area contributed by atoms with E-state index in [2.05, 4.69) is 49.2 Å². The lowest BCUT2D eigenvalue weighted by molar-refractivity contribution is -0.00832. The second-order valence-corrected chi connectivity index (χ2v) is 8.83. The Bertz CT molecular complexity index is 854. The van der Waals surface area contributed by atoms with Crippen LogP contribution in [0.5, 0.6) is 0 Å². The van der Waals surface area contributed by atoms with Gasteiger partial charge in [0.2, 0.25) is 0 Å². The molecule has 2 aromatic carbocycles. The first-order valence-corrected chi connectivity index (χ1v) is 11.6. The average Bonchev–Trinajstić information content (AvgIpc) is 2.74. The maximum atomic E-state index is 12.5. The summed E-state index contributed by atoms with van der Waals surface area (Å²) in [6.45, 7) is 9.87. The molecule has 5 nitrogen and oxygen atoms in total. The van der Waals surface area contributed by atoms with Gasteiger partial charge in [0, 0.05) is 23.7 Å². The van der Waals surface area contributed by atoms with Crippen molar-refractivity contribution in [3.63, 3.8) is 0 Å². The molecule has 1 saturated heterocycles. The molecule has 0 amide bonds. The number of morpholine rings is 1. The molecule has 1 aliphatic rings. The Balaban J connectivity index is 1.66. The van der Waals surface area contributed by atoms with Crippen LogP contribution in [0.4, 0.5) is 0 Å². The first kappa shape index (κ1) is 21.5. The van der Waals surface area contributed by atoms with E-state index in [1.165, 1.54) is 16.7 Å². The van der Waals surface area contributed by atoms with Crippen LogP contribution in [0.15, 0.2) is 58.4 Å². The van der Waals surface area contributed by atoms with E-state index in [-0.39, 0.29) is 6.10 Å². The van der Waals surface area contributed by atoms with Gasteiger partial charge in [-0.3, -0.25) is 9.20 Å². The van der Waals surface area contributed by atoms with Gasteiger partial charge in [-0.1, -0.05) is 42.0 Å². The molecule has 156 valence electrons. The number of aryl methyl sites for hydroxylation is 2. The van der Waals surface area contributed by atoms with Crippen molar-refractivity contribution >= 4 is 16.8 Å². The number of rotatable bonds is 6. The van der Waals surface area contributed by atoms with Gasteiger partial charge in [-0.2, -0.15) is 0 Å². The Labute approximate surface area is 176 Å². The second kappa shape index (κ2) is 10.6.